The monoisotopic (exact) mass is 411 g/mol. The van der Waals surface area contributed by atoms with Gasteiger partial charge in [0.15, 0.2) is 5.76 Å². The largest absolute Gasteiger partial charge is 0.459 e. The molecule has 1 amide bonds. The molecule has 0 spiro atoms. The number of benzene rings is 1. The second-order valence-electron chi connectivity index (χ2n) is 6.87. The van der Waals surface area contributed by atoms with Crippen molar-refractivity contribution in [2.45, 2.75) is 12.8 Å². The molecule has 2 aliphatic rings. The van der Waals surface area contributed by atoms with Gasteiger partial charge in [-0.3, -0.25) is 4.79 Å². The van der Waals surface area contributed by atoms with Crippen LogP contribution in [0.4, 0.5) is 0 Å². The number of nitrogens with zero attached hydrogens (tertiary/aromatic N) is 2. The molecule has 0 saturated carbocycles. The van der Waals surface area contributed by atoms with Gasteiger partial charge >= 0.3 is 5.91 Å². The van der Waals surface area contributed by atoms with Crippen LogP contribution in [-0.4, -0.2) is 43.3 Å². The molecule has 7 heteroatoms. The molecule has 1 aliphatic heterocycles. The van der Waals surface area contributed by atoms with Crippen molar-refractivity contribution in [3.63, 3.8) is 0 Å². The van der Waals surface area contributed by atoms with Crippen LogP contribution < -0.4 is 5.43 Å². The molecule has 150 valence electrons. The predicted octanol–water partition coefficient (Wildman–Crippen LogP) is 4.11. The van der Waals surface area contributed by atoms with Gasteiger partial charge in [-0.15, -0.1) is 0 Å². The minimum Gasteiger partial charge on any atom is -0.459 e. The number of furan rings is 1. The van der Waals surface area contributed by atoms with E-state index in [-0.39, 0.29) is 11.7 Å². The van der Waals surface area contributed by atoms with E-state index in [0.717, 1.165) is 42.1 Å². The molecule has 0 atom stereocenters. The van der Waals surface area contributed by atoms with Crippen LogP contribution in [0.5, 0.6) is 0 Å². The van der Waals surface area contributed by atoms with E-state index >= 15 is 0 Å². The standard InChI is InChI=1S/C22H22ClN3O3/c23-19-7-3-16(4-8-19)14-17-5-6-18(21(17)26-9-12-28-13-10-26)15-24-25-22(27)20-2-1-11-29-20/h1-4,7-8,11,14-15H,5-6,9-10,12-13H2,(H,25,27)/b17-14+,24-15+. The number of nitrogens with one attached hydrogen (secondary N) is 1. The van der Waals surface area contributed by atoms with Crippen LogP contribution in [0.3, 0.4) is 0 Å². The Bertz CT molecular complexity index is 940. The third-order valence-electron chi connectivity index (χ3n) is 4.94. The van der Waals surface area contributed by atoms with Gasteiger partial charge < -0.3 is 14.1 Å². The highest BCUT2D eigenvalue weighted by atomic mass is 35.5. The number of hydrogen-bond donors (Lipinski definition) is 1. The Labute approximate surface area is 174 Å². The van der Waals surface area contributed by atoms with Crippen LogP contribution >= 0.6 is 11.6 Å². The maximum atomic E-state index is 12.0. The molecule has 0 bridgehead atoms. The number of hydrogen-bond acceptors (Lipinski definition) is 5. The molecule has 1 fully saturated rings. The number of ether oxygens (including phenoxy) is 1. The smallest absolute Gasteiger partial charge is 0.307 e. The zero-order valence-electron chi connectivity index (χ0n) is 15.9. The van der Waals surface area contributed by atoms with Crippen LogP contribution in [0.15, 0.2) is 69.0 Å². The number of amides is 1. The maximum Gasteiger partial charge on any atom is 0.307 e. The van der Waals surface area contributed by atoms with Crippen molar-refractivity contribution in [2.75, 3.05) is 26.3 Å². The Kier molecular flexibility index (Phi) is 6.12. The summed E-state index contributed by atoms with van der Waals surface area (Å²) in [6, 6.07) is 11.1. The average Bonchev–Trinajstić information content (AvgIpc) is 3.41. The Morgan fingerprint density at radius 2 is 1.93 bits per heavy atom. The molecule has 2 aromatic rings. The lowest BCUT2D eigenvalue weighted by Crippen LogP contribution is -2.36. The fourth-order valence-corrected chi connectivity index (χ4v) is 3.69. The van der Waals surface area contributed by atoms with Crippen molar-refractivity contribution >= 4 is 29.8 Å². The van der Waals surface area contributed by atoms with Crippen LogP contribution in [0.1, 0.15) is 29.0 Å². The van der Waals surface area contributed by atoms with E-state index < -0.39 is 0 Å². The van der Waals surface area contributed by atoms with E-state index in [2.05, 4.69) is 21.5 Å². The topological polar surface area (TPSA) is 67.1 Å². The Morgan fingerprint density at radius 1 is 1.14 bits per heavy atom. The zero-order valence-corrected chi connectivity index (χ0v) is 16.7. The number of halogens is 1. The molecule has 0 unspecified atom stereocenters. The summed E-state index contributed by atoms with van der Waals surface area (Å²) < 4.78 is 10.6. The van der Waals surface area contributed by atoms with Crippen molar-refractivity contribution in [2.24, 2.45) is 5.10 Å². The third kappa shape index (κ3) is 4.78. The molecular weight excluding hydrogens is 390 g/mol. The lowest BCUT2D eigenvalue weighted by Gasteiger charge is -2.31. The van der Waals surface area contributed by atoms with E-state index in [1.165, 1.54) is 17.5 Å². The van der Waals surface area contributed by atoms with Gasteiger partial charge in [0.25, 0.3) is 0 Å². The molecular formula is C22H22ClN3O3. The van der Waals surface area contributed by atoms with E-state index in [1.807, 2.05) is 24.3 Å². The fourth-order valence-electron chi connectivity index (χ4n) is 3.56. The second-order valence-corrected chi connectivity index (χ2v) is 7.31. The minimum atomic E-state index is -0.366. The third-order valence-corrected chi connectivity index (χ3v) is 5.19. The molecule has 1 N–H and O–H groups in total. The Hall–Kier alpha value is -2.83. The summed E-state index contributed by atoms with van der Waals surface area (Å²) in [4.78, 5) is 14.4. The first-order valence-corrected chi connectivity index (χ1v) is 9.98. The first-order valence-electron chi connectivity index (χ1n) is 9.60. The number of carbonyl (C=O) groups is 1. The van der Waals surface area contributed by atoms with Gasteiger partial charge in [0.1, 0.15) is 0 Å². The van der Waals surface area contributed by atoms with Crippen LogP contribution in [-0.2, 0) is 4.74 Å². The highest BCUT2D eigenvalue weighted by Gasteiger charge is 2.25. The van der Waals surface area contributed by atoms with Crippen LogP contribution in [0, 0.1) is 0 Å². The quantitative estimate of drug-likeness (QED) is 0.593. The predicted molar refractivity (Wildman–Crippen MR) is 113 cm³/mol. The molecule has 0 radical (unpaired) electrons. The van der Waals surface area contributed by atoms with E-state index in [0.29, 0.717) is 13.2 Å². The number of allylic oxidation sites excluding steroid dienone is 2. The minimum absolute atomic E-state index is 0.235. The van der Waals surface area contributed by atoms with Gasteiger partial charge in [0.05, 0.1) is 25.7 Å². The summed E-state index contributed by atoms with van der Waals surface area (Å²) in [5.41, 5.74) is 7.18. The number of morpholine rings is 1. The average molecular weight is 412 g/mol. The first-order chi connectivity index (χ1) is 14.2. The molecule has 1 saturated heterocycles. The van der Waals surface area contributed by atoms with Gasteiger partial charge in [-0.25, -0.2) is 5.43 Å². The summed E-state index contributed by atoms with van der Waals surface area (Å²) in [5.74, 6) is -0.131. The zero-order chi connectivity index (χ0) is 20.1. The van der Waals surface area contributed by atoms with Crippen molar-refractivity contribution in [1.29, 1.82) is 0 Å². The molecule has 4 rings (SSSR count). The van der Waals surface area contributed by atoms with Crippen molar-refractivity contribution in [1.82, 2.24) is 10.3 Å². The molecule has 1 aromatic carbocycles. The van der Waals surface area contributed by atoms with Crippen molar-refractivity contribution < 1.29 is 13.9 Å². The second kappa shape index (κ2) is 9.11. The summed E-state index contributed by atoms with van der Waals surface area (Å²) in [7, 11) is 0. The molecule has 1 aromatic heterocycles. The Balaban J connectivity index is 1.58. The lowest BCUT2D eigenvalue weighted by molar-refractivity contribution is 0.0548. The Morgan fingerprint density at radius 3 is 2.66 bits per heavy atom. The summed E-state index contributed by atoms with van der Waals surface area (Å²) in [6.07, 6.45) is 7.19. The van der Waals surface area contributed by atoms with E-state index in [1.54, 1.807) is 18.3 Å². The van der Waals surface area contributed by atoms with E-state index in [4.69, 9.17) is 20.8 Å². The van der Waals surface area contributed by atoms with Gasteiger partial charge in [-0.05, 0) is 59.9 Å². The number of carbonyl (C=O) groups excluding carboxylic acids is 1. The maximum absolute atomic E-state index is 12.0. The summed E-state index contributed by atoms with van der Waals surface area (Å²) in [5, 5.41) is 4.89. The number of hydrazone groups is 1. The normalized spacial score (nSPS) is 18.8. The van der Waals surface area contributed by atoms with Crippen LogP contribution in [0.25, 0.3) is 6.08 Å². The van der Waals surface area contributed by atoms with Gasteiger partial charge in [-0.1, -0.05) is 23.7 Å². The van der Waals surface area contributed by atoms with Crippen molar-refractivity contribution in [3.8, 4) is 0 Å². The van der Waals surface area contributed by atoms with Gasteiger partial charge in [0, 0.05) is 23.8 Å². The van der Waals surface area contributed by atoms with Crippen LogP contribution in [0.2, 0.25) is 5.02 Å². The molecule has 6 nitrogen and oxygen atoms in total. The summed E-state index contributed by atoms with van der Waals surface area (Å²) in [6.45, 7) is 3.08. The van der Waals surface area contributed by atoms with Gasteiger partial charge in [0.2, 0.25) is 0 Å². The van der Waals surface area contributed by atoms with Crippen molar-refractivity contribution in [3.05, 3.63) is 75.9 Å². The van der Waals surface area contributed by atoms with Gasteiger partial charge in [-0.2, -0.15) is 5.10 Å². The fraction of sp³-hybridized carbons (Fsp3) is 0.273. The molecule has 2 heterocycles. The SMILES string of the molecule is O=C(N/N=C/C1=C(N2CCOCC2)C(=C/c2ccc(Cl)cc2)/CC1)c1ccco1. The lowest BCUT2D eigenvalue weighted by atomic mass is 10.1. The first kappa shape index (κ1) is 19.5. The summed E-state index contributed by atoms with van der Waals surface area (Å²) >= 11 is 6.01. The number of rotatable bonds is 5. The molecule has 1 aliphatic carbocycles. The van der Waals surface area contributed by atoms with E-state index in [9.17, 15) is 4.79 Å². The molecule has 29 heavy (non-hydrogen) atoms. The highest BCUT2D eigenvalue weighted by molar-refractivity contribution is 6.30. The highest BCUT2D eigenvalue weighted by Crippen LogP contribution is 2.35.